The molecular weight excluding hydrogens is 240 g/mol. The maximum Gasteiger partial charge on any atom is 0.346 e. The van der Waals surface area contributed by atoms with Gasteiger partial charge in [-0.05, 0) is 35.9 Å². The number of esters is 2. The van der Waals surface area contributed by atoms with Crippen LogP contribution in [0.1, 0.15) is 46.0 Å². The third-order valence-corrected chi connectivity index (χ3v) is 3.56. The molecule has 1 aliphatic rings. The van der Waals surface area contributed by atoms with E-state index in [1.807, 2.05) is 18.2 Å². The van der Waals surface area contributed by atoms with Gasteiger partial charge in [-0.15, -0.1) is 0 Å². The Kier molecular flexibility index (Phi) is 2.82. The van der Waals surface area contributed by atoms with Crippen molar-refractivity contribution in [3.8, 4) is 0 Å². The van der Waals surface area contributed by atoms with E-state index in [0.29, 0.717) is 11.1 Å². The van der Waals surface area contributed by atoms with E-state index in [1.54, 1.807) is 12.1 Å². The van der Waals surface area contributed by atoms with Crippen molar-refractivity contribution in [2.45, 2.75) is 26.2 Å². The van der Waals surface area contributed by atoms with Crippen molar-refractivity contribution in [3.63, 3.8) is 0 Å². The van der Waals surface area contributed by atoms with Crippen LogP contribution < -0.4 is 0 Å². The first-order valence-corrected chi connectivity index (χ1v) is 6.53. The third-order valence-electron chi connectivity index (χ3n) is 3.56. The summed E-state index contributed by atoms with van der Waals surface area (Å²) in [7, 11) is 0. The lowest BCUT2D eigenvalue weighted by atomic mass is 9.92. The van der Waals surface area contributed by atoms with E-state index in [-0.39, 0.29) is 0 Å². The Hall–Kier alpha value is -2.16. The summed E-state index contributed by atoms with van der Waals surface area (Å²) in [6, 6.07) is 9.26. The van der Waals surface area contributed by atoms with Gasteiger partial charge in [-0.2, -0.15) is 0 Å². The fourth-order valence-electron chi connectivity index (χ4n) is 2.59. The largest absolute Gasteiger partial charge is 0.386 e. The average molecular weight is 254 g/mol. The van der Waals surface area contributed by atoms with Crippen molar-refractivity contribution in [2.24, 2.45) is 0 Å². The molecule has 0 atom stereocenters. The lowest BCUT2D eigenvalue weighted by Gasteiger charge is -2.17. The second kappa shape index (κ2) is 4.50. The molecular formula is C16H14O3. The van der Waals surface area contributed by atoms with Crippen molar-refractivity contribution < 1.29 is 14.3 Å². The van der Waals surface area contributed by atoms with Crippen LogP contribution in [0.2, 0.25) is 0 Å². The van der Waals surface area contributed by atoms with Crippen molar-refractivity contribution in [3.05, 3.63) is 47.0 Å². The van der Waals surface area contributed by atoms with Gasteiger partial charge in [0.2, 0.25) is 0 Å². The number of rotatable bonds is 3. The zero-order valence-electron chi connectivity index (χ0n) is 10.7. The Morgan fingerprint density at radius 3 is 2.47 bits per heavy atom. The van der Waals surface area contributed by atoms with Gasteiger partial charge in [0.25, 0.3) is 0 Å². The Bertz CT molecular complexity index is 665. The molecule has 0 saturated heterocycles. The predicted molar refractivity (Wildman–Crippen MR) is 72.3 cm³/mol. The first kappa shape index (κ1) is 11.9. The summed E-state index contributed by atoms with van der Waals surface area (Å²) in [4.78, 5) is 23.5. The number of carbonyl (C=O) groups excluding carboxylic acids is 2. The molecule has 2 aromatic carbocycles. The molecule has 0 fully saturated rings. The SMILES string of the molecule is CCCCc1ccc2c3c(cccc13)C(=O)OC2=O. The van der Waals surface area contributed by atoms with Crippen LogP contribution >= 0.6 is 0 Å². The topological polar surface area (TPSA) is 43.4 Å². The Morgan fingerprint density at radius 2 is 1.74 bits per heavy atom. The summed E-state index contributed by atoms with van der Waals surface area (Å²) in [6.45, 7) is 2.14. The van der Waals surface area contributed by atoms with E-state index < -0.39 is 11.9 Å². The molecule has 3 rings (SSSR count). The van der Waals surface area contributed by atoms with Crippen molar-refractivity contribution in [2.75, 3.05) is 0 Å². The molecule has 0 N–H and O–H groups in total. The van der Waals surface area contributed by atoms with Crippen LogP contribution in [-0.2, 0) is 11.2 Å². The molecule has 1 aliphatic heterocycles. The van der Waals surface area contributed by atoms with Crippen molar-refractivity contribution >= 4 is 22.7 Å². The number of hydrogen-bond donors (Lipinski definition) is 0. The number of ether oxygens (including phenoxy) is 1. The zero-order chi connectivity index (χ0) is 13.4. The lowest BCUT2D eigenvalue weighted by molar-refractivity contribution is 0.0391. The van der Waals surface area contributed by atoms with Gasteiger partial charge >= 0.3 is 11.9 Å². The Morgan fingerprint density at radius 1 is 1.00 bits per heavy atom. The van der Waals surface area contributed by atoms with E-state index >= 15 is 0 Å². The normalized spacial score (nSPS) is 13.7. The Labute approximate surface area is 111 Å². The maximum absolute atomic E-state index is 11.8. The minimum absolute atomic E-state index is 0.491. The minimum Gasteiger partial charge on any atom is -0.386 e. The fraction of sp³-hybridized carbons (Fsp3) is 0.250. The molecule has 96 valence electrons. The van der Waals surface area contributed by atoms with Gasteiger partial charge in [0.1, 0.15) is 0 Å². The number of hydrogen-bond acceptors (Lipinski definition) is 3. The summed E-state index contributed by atoms with van der Waals surface area (Å²) >= 11 is 0. The quantitative estimate of drug-likeness (QED) is 0.622. The van der Waals surface area contributed by atoms with E-state index in [1.165, 1.54) is 5.56 Å². The van der Waals surface area contributed by atoms with Gasteiger partial charge in [0.15, 0.2) is 0 Å². The molecule has 0 spiro atoms. The number of unbranched alkanes of at least 4 members (excludes halogenated alkanes) is 1. The highest BCUT2D eigenvalue weighted by Gasteiger charge is 2.27. The zero-order valence-corrected chi connectivity index (χ0v) is 10.7. The van der Waals surface area contributed by atoms with Crippen LogP contribution in [0.3, 0.4) is 0 Å². The van der Waals surface area contributed by atoms with Crippen molar-refractivity contribution in [1.82, 2.24) is 0 Å². The average Bonchev–Trinajstić information content (AvgIpc) is 2.42. The third kappa shape index (κ3) is 1.82. The van der Waals surface area contributed by atoms with Gasteiger partial charge in [0, 0.05) is 5.39 Å². The number of carbonyl (C=O) groups is 2. The maximum atomic E-state index is 11.8. The van der Waals surface area contributed by atoms with Crippen LogP contribution in [0, 0.1) is 0 Å². The standard InChI is InChI=1S/C16H14O3/c1-2-3-5-10-8-9-13-14-11(10)6-4-7-12(14)15(17)19-16(13)18/h4,6-9H,2-3,5H2,1H3. The highest BCUT2D eigenvalue weighted by Crippen LogP contribution is 2.31. The van der Waals surface area contributed by atoms with Gasteiger partial charge in [-0.1, -0.05) is 31.5 Å². The van der Waals surface area contributed by atoms with E-state index in [2.05, 4.69) is 6.92 Å². The second-order valence-corrected chi connectivity index (χ2v) is 4.78. The minimum atomic E-state index is -0.546. The highest BCUT2D eigenvalue weighted by molar-refractivity contribution is 6.21. The number of cyclic esters (lactones) is 2. The second-order valence-electron chi connectivity index (χ2n) is 4.78. The summed E-state index contributed by atoms with van der Waals surface area (Å²) in [5.41, 5.74) is 2.17. The van der Waals surface area contributed by atoms with Gasteiger partial charge < -0.3 is 4.74 Å². The van der Waals surface area contributed by atoms with Gasteiger partial charge in [-0.3, -0.25) is 0 Å². The monoisotopic (exact) mass is 254 g/mol. The van der Waals surface area contributed by atoms with Crippen LogP contribution in [0.4, 0.5) is 0 Å². The van der Waals surface area contributed by atoms with Gasteiger partial charge in [0.05, 0.1) is 11.1 Å². The highest BCUT2D eigenvalue weighted by atomic mass is 16.6. The summed E-state index contributed by atoms with van der Waals surface area (Å²) in [5.74, 6) is -1.09. The molecule has 3 heteroatoms. The molecule has 0 bridgehead atoms. The van der Waals surface area contributed by atoms with Crippen molar-refractivity contribution in [1.29, 1.82) is 0 Å². The summed E-state index contributed by atoms with van der Waals surface area (Å²) < 4.78 is 4.75. The molecule has 0 radical (unpaired) electrons. The fourth-order valence-corrected chi connectivity index (χ4v) is 2.59. The van der Waals surface area contributed by atoms with Crippen LogP contribution in [-0.4, -0.2) is 11.9 Å². The Balaban J connectivity index is 2.29. The first-order valence-electron chi connectivity index (χ1n) is 6.53. The van der Waals surface area contributed by atoms with Gasteiger partial charge in [-0.25, -0.2) is 9.59 Å². The first-order chi connectivity index (χ1) is 9.22. The smallest absolute Gasteiger partial charge is 0.346 e. The van der Waals surface area contributed by atoms with Crippen LogP contribution in [0.15, 0.2) is 30.3 Å². The van der Waals surface area contributed by atoms with E-state index in [0.717, 1.165) is 30.0 Å². The lowest BCUT2D eigenvalue weighted by Crippen LogP contribution is -2.19. The predicted octanol–water partition coefficient (Wildman–Crippen LogP) is 3.49. The molecule has 3 nitrogen and oxygen atoms in total. The molecule has 0 aliphatic carbocycles. The molecule has 19 heavy (non-hydrogen) atoms. The molecule has 0 saturated carbocycles. The molecule has 0 unspecified atom stereocenters. The number of aryl methyl sites for hydroxylation is 1. The molecule has 0 amide bonds. The molecule has 1 heterocycles. The van der Waals surface area contributed by atoms with E-state index in [9.17, 15) is 9.59 Å². The molecule has 2 aromatic rings. The van der Waals surface area contributed by atoms with Crippen LogP contribution in [0.25, 0.3) is 10.8 Å². The molecule has 0 aromatic heterocycles. The van der Waals surface area contributed by atoms with E-state index in [4.69, 9.17) is 4.74 Å². The summed E-state index contributed by atoms with van der Waals surface area (Å²) in [6.07, 6.45) is 3.17. The summed E-state index contributed by atoms with van der Waals surface area (Å²) in [5, 5.41) is 1.74. The number of benzene rings is 2. The van der Waals surface area contributed by atoms with Crippen LogP contribution in [0.5, 0.6) is 0 Å².